The topological polar surface area (TPSA) is 26.3 Å². The summed E-state index contributed by atoms with van der Waals surface area (Å²) >= 11 is 0. The van der Waals surface area contributed by atoms with Crippen molar-refractivity contribution in [3.63, 3.8) is 0 Å². The number of allylic oxidation sites excluding steroid dienone is 4. The van der Waals surface area contributed by atoms with Crippen LogP contribution < -0.4 is 0 Å². The first-order valence-electron chi connectivity index (χ1n) is 5.73. The molecule has 0 saturated carbocycles. The molecule has 2 aliphatic carbocycles. The normalized spacial score (nSPS) is 27.9. The second-order valence-electron chi connectivity index (χ2n) is 4.60. The molecule has 2 bridgehead atoms. The Balaban J connectivity index is 2.14. The van der Waals surface area contributed by atoms with E-state index in [1.807, 2.05) is 48.6 Å². The minimum Gasteiger partial charge on any atom is -0.425 e. The largest absolute Gasteiger partial charge is 0.425 e. The molecule has 1 aromatic rings. The molecule has 4 aliphatic rings. The van der Waals surface area contributed by atoms with E-state index in [9.17, 15) is 4.79 Å². The van der Waals surface area contributed by atoms with Gasteiger partial charge in [0.25, 0.3) is 0 Å². The van der Waals surface area contributed by atoms with Gasteiger partial charge in [-0.25, -0.2) is 0 Å². The first kappa shape index (κ1) is 8.99. The number of esters is 1. The van der Waals surface area contributed by atoms with Gasteiger partial charge in [-0.1, -0.05) is 42.5 Å². The molecule has 17 heavy (non-hydrogen) atoms. The summed E-state index contributed by atoms with van der Waals surface area (Å²) < 4.78 is 5.42. The number of benzene rings is 1. The molecule has 1 unspecified atom stereocenters. The van der Waals surface area contributed by atoms with Gasteiger partial charge in [-0.2, -0.15) is 0 Å². The van der Waals surface area contributed by atoms with Gasteiger partial charge in [-0.3, -0.25) is 4.79 Å². The average molecular weight is 222 g/mol. The fourth-order valence-electron chi connectivity index (χ4n) is 2.99. The highest BCUT2D eigenvalue weighted by molar-refractivity contribution is 6.01. The highest BCUT2D eigenvalue weighted by atomic mass is 16.5. The molecule has 1 spiro atoms. The van der Waals surface area contributed by atoms with Gasteiger partial charge in [0, 0.05) is 5.56 Å². The van der Waals surface area contributed by atoms with Crippen LogP contribution in [0.1, 0.15) is 17.5 Å². The molecule has 1 atom stereocenters. The summed E-state index contributed by atoms with van der Waals surface area (Å²) in [6.45, 7) is 0. The zero-order valence-corrected chi connectivity index (χ0v) is 9.14. The number of hydrogen-bond donors (Lipinski definition) is 0. The Bertz CT molecular complexity index is 634. The molecule has 2 nitrogen and oxygen atoms in total. The van der Waals surface area contributed by atoms with Crippen molar-refractivity contribution in [2.24, 2.45) is 0 Å². The number of carbonyl (C=O) groups excluding carboxylic acids is 1. The first-order valence-corrected chi connectivity index (χ1v) is 5.73. The number of carbonyl (C=O) groups is 1. The lowest BCUT2D eigenvalue weighted by Crippen LogP contribution is -2.45. The summed E-state index contributed by atoms with van der Waals surface area (Å²) in [7, 11) is 0. The number of fused-ring (bicyclic) bond motifs is 1. The Morgan fingerprint density at radius 2 is 2.12 bits per heavy atom. The predicted octanol–water partition coefficient (Wildman–Crippen LogP) is 2.72. The molecular formula is C15H10O2. The van der Waals surface area contributed by atoms with E-state index in [0.717, 1.165) is 16.7 Å². The summed E-state index contributed by atoms with van der Waals surface area (Å²) in [4.78, 5) is 12.2. The lowest BCUT2D eigenvalue weighted by Gasteiger charge is -2.43. The molecule has 2 aliphatic heterocycles. The van der Waals surface area contributed by atoms with Crippen molar-refractivity contribution in [3.8, 4) is 0 Å². The van der Waals surface area contributed by atoms with Crippen LogP contribution in [0, 0.1) is 0 Å². The molecule has 0 fully saturated rings. The highest BCUT2D eigenvalue weighted by Gasteiger charge is 2.52. The molecule has 0 N–H and O–H groups in total. The van der Waals surface area contributed by atoms with Crippen LogP contribution in [-0.4, -0.2) is 5.97 Å². The van der Waals surface area contributed by atoms with E-state index < -0.39 is 5.41 Å². The van der Waals surface area contributed by atoms with Crippen molar-refractivity contribution in [1.29, 1.82) is 0 Å². The van der Waals surface area contributed by atoms with E-state index in [0.29, 0.717) is 12.2 Å². The predicted molar refractivity (Wildman–Crippen MR) is 64.0 cm³/mol. The van der Waals surface area contributed by atoms with Gasteiger partial charge in [0.1, 0.15) is 11.2 Å². The third kappa shape index (κ3) is 0.897. The van der Waals surface area contributed by atoms with Crippen molar-refractivity contribution in [2.75, 3.05) is 0 Å². The minimum absolute atomic E-state index is 0.135. The Kier molecular flexibility index (Phi) is 1.47. The monoisotopic (exact) mass is 222 g/mol. The summed E-state index contributed by atoms with van der Waals surface area (Å²) in [5.41, 5.74) is 2.61. The minimum atomic E-state index is -0.590. The van der Waals surface area contributed by atoms with E-state index in [1.54, 1.807) is 0 Å². The standard InChI is InChI=1S/C15H10O2/c16-14-15-8-4-3-5-10(15)9-13(17-14)11-6-1-2-7-12(11)15/h1-7,9H,8H2. The third-order valence-electron chi connectivity index (χ3n) is 3.82. The smallest absolute Gasteiger partial charge is 0.326 e. The Labute approximate surface area is 98.9 Å². The molecule has 82 valence electrons. The average Bonchev–Trinajstić information content (AvgIpc) is 2.39. The number of ether oxygens (including phenoxy) is 1. The van der Waals surface area contributed by atoms with Gasteiger partial charge in [0.05, 0.1) is 0 Å². The zero-order chi connectivity index (χ0) is 11.5. The Morgan fingerprint density at radius 3 is 3.06 bits per heavy atom. The summed E-state index contributed by atoms with van der Waals surface area (Å²) in [5.74, 6) is 0.554. The number of rotatable bonds is 0. The van der Waals surface area contributed by atoms with Crippen LogP contribution in [-0.2, 0) is 14.9 Å². The lowest BCUT2D eigenvalue weighted by molar-refractivity contribution is -0.143. The van der Waals surface area contributed by atoms with Crippen molar-refractivity contribution >= 4 is 11.7 Å². The lowest BCUT2D eigenvalue weighted by atomic mass is 9.64. The van der Waals surface area contributed by atoms with Crippen LogP contribution in [0.4, 0.5) is 0 Å². The van der Waals surface area contributed by atoms with Gasteiger partial charge in [-0.05, 0) is 23.6 Å². The maximum absolute atomic E-state index is 12.2. The van der Waals surface area contributed by atoms with Gasteiger partial charge in [-0.15, -0.1) is 0 Å². The summed E-state index contributed by atoms with van der Waals surface area (Å²) in [6, 6.07) is 8.02. The van der Waals surface area contributed by atoms with Crippen LogP contribution in [0.3, 0.4) is 0 Å². The molecule has 0 radical (unpaired) electrons. The fourth-order valence-corrected chi connectivity index (χ4v) is 2.99. The SMILES string of the molecule is O=C1OC2=CC3=CC=CCC13c1ccccc12. The number of hydrogen-bond acceptors (Lipinski definition) is 2. The van der Waals surface area contributed by atoms with Gasteiger partial charge < -0.3 is 4.74 Å². The second kappa shape index (κ2) is 2.77. The fraction of sp³-hybridized carbons (Fsp3) is 0.133. The molecular weight excluding hydrogens is 212 g/mol. The summed E-state index contributed by atoms with van der Waals surface area (Å²) in [6.07, 6.45) is 8.74. The molecule has 0 amide bonds. The summed E-state index contributed by atoms with van der Waals surface area (Å²) in [5, 5.41) is 0. The quantitative estimate of drug-likeness (QED) is 0.631. The van der Waals surface area contributed by atoms with E-state index >= 15 is 0 Å². The maximum Gasteiger partial charge on any atom is 0.326 e. The molecule has 0 saturated heterocycles. The van der Waals surface area contributed by atoms with Crippen LogP contribution >= 0.6 is 0 Å². The maximum atomic E-state index is 12.2. The van der Waals surface area contributed by atoms with Crippen LogP contribution in [0.2, 0.25) is 0 Å². The molecule has 0 aromatic heterocycles. The van der Waals surface area contributed by atoms with Gasteiger partial charge in [0.15, 0.2) is 0 Å². The van der Waals surface area contributed by atoms with Crippen molar-refractivity contribution in [3.05, 3.63) is 65.3 Å². The molecule has 2 heteroatoms. The van der Waals surface area contributed by atoms with Crippen molar-refractivity contribution in [2.45, 2.75) is 11.8 Å². The highest BCUT2D eigenvalue weighted by Crippen LogP contribution is 2.52. The Hall–Kier alpha value is -2.09. The van der Waals surface area contributed by atoms with Crippen LogP contribution in [0.5, 0.6) is 0 Å². The second-order valence-corrected chi connectivity index (χ2v) is 4.60. The van der Waals surface area contributed by atoms with E-state index in [1.165, 1.54) is 0 Å². The zero-order valence-electron chi connectivity index (χ0n) is 9.14. The molecule has 5 rings (SSSR count). The molecule has 1 aromatic carbocycles. The van der Waals surface area contributed by atoms with Crippen molar-refractivity contribution < 1.29 is 9.53 Å². The Morgan fingerprint density at radius 1 is 1.24 bits per heavy atom. The van der Waals surface area contributed by atoms with Crippen LogP contribution in [0.25, 0.3) is 5.76 Å². The van der Waals surface area contributed by atoms with Crippen LogP contribution in [0.15, 0.2) is 54.1 Å². The van der Waals surface area contributed by atoms with Gasteiger partial charge in [0.2, 0.25) is 0 Å². The van der Waals surface area contributed by atoms with Gasteiger partial charge >= 0.3 is 5.97 Å². The van der Waals surface area contributed by atoms with E-state index in [2.05, 4.69) is 0 Å². The van der Waals surface area contributed by atoms with E-state index in [4.69, 9.17) is 4.74 Å². The van der Waals surface area contributed by atoms with E-state index in [-0.39, 0.29) is 5.97 Å². The van der Waals surface area contributed by atoms with Crippen molar-refractivity contribution in [1.82, 2.24) is 0 Å². The molecule has 2 heterocycles. The third-order valence-corrected chi connectivity index (χ3v) is 3.82. The first-order chi connectivity index (χ1) is 8.32.